The number of aliphatic hydroxyl groups excluding tert-OH is 1. The highest BCUT2D eigenvalue weighted by molar-refractivity contribution is 6.00. The van der Waals surface area contributed by atoms with E-state index in [2.05, 4.69) is 17.6 Å². The second-order valence-corrected chi connectivity index (χ2v) is 9.93. The summed E-state index contributed by atoms with van der Waals surface area (Å²) < 4.78 is 27.7. The third-order valence-electron chi connectivity index (χ3n) is 6.26. The van der Waals surface area contributed by atoms with Crippen molar-refractivity contribution >= 4 is 11.8 Å². The van der Waals surface area contributed by atoms with Crippen molar-refractivity contribution in [2.75, 3.05) is 26.2 Å². The summed E-state index contributed by atoms with van der Waals surface area (Å²) in [5, 5.41) is 16.9. The lowest BCUT2D eigenvalue weighted by Gasteiger charge is -2.25. The average molecular weight is 544 g/mol. The number of nitrogens with zero attached hydrogens (tertiary/aromatic N) is 1. The fourth-order valence-electron chi connectivity index (χ4n) is 4.42. The van der Waals surface area contributed by atoms with Gasteiger partial charge in [-0.05, 0) is 74.1 Å². The standard InChI is InChI=1S/C31H43F2N3O3/c1-5-8-9-10-11-34-21-29(37)28(18-23-16-26(32)20-27(33)17-23)35-30(38)24-14-22(4)15-25(19-24)31(39)36(12-6-2)13-7-3/h9-10,14-17,19-20,28-29,34,37H,5-8,11-13,18,21H2,1-4H3,(H,35,38)/b10-9+/t28-,29+/m0/s1. The molecule has 2 rings (SSSR count). The number of hydrogen-bond donors (Lipinski definition) is 3. The van der Waals surface area contributed by atoms with E-state index in [1.165, 1.54) is 12.1 Å². The van der Waals surface area contributed by atoms with E-state index in [1.807, 2.05) is 32.9 Å². The number of carbonyl (C=O) groups excluding carboxylic acids is 2. The quantitative estimate of drug-likeness (QED) is 0.201. The Hall–Kier alpha value is -3.10. The summed E-state index contributed by atoms with van der Waals surface area (Å²) in [6, 6.07) is 7.33. The van der Waals surface area contributed by atoms with Crippen molar-refractivity contribution in [2.24, 2.45) is 0 Å². The summed E-state index contributed by atoms with van der Waals surface area (Å²) in [5.74, 6) is -2.07. The van der Waals surface area contributed by atoms with Crippen molar-refractivity contribution < 1.29 is 23.5 Å². The summed E-state index contributed by atoms with van der Waals surface area (Å²) in [6.45, 7) is 9.89. The number of nitrogens with one attached hydrogen (secondary N) is 2. The first kappa shape index (κ1) is 32.1. The highest BCUT2D eigenvalue weighted by atomic mass is 19.1. The lowest BCUT2D eigenvalue weighted by atomic mass is 9.99. The highest BCUT2D eigenvalue weighted by Gasteiger charge is 2.24. The molecule has 6 nitrogen and oxygen atoms in total. The SMILES string of the molecule is CCC/C=C/CNC[C@@H](O)[C@H](Cc1cc(F)cc(F)c1)NC(=O)c1cc(C)cc(C(=O)N(CCC)CCC)c1. The molecular weight excluding hydrogens is 500 g/mol. The van der Waals surface area contributed by atoms with E-state index in [1.54, 1.807) is 23.1 Å². The molecule has 3 N–H and O–H groups in total. The van der Waals surface area contributed by atoms with E-state index >= 15 is 0 Å². The molecule has 0 saturated carbocycles. The molecule has 214 valence electrons. The van der Waals surface area contributed by atoms with Crippen LogP contribution in [0, 0.1) is 18.6 Å². The molecule has 0 aromatic heterocycles. The molecule has 0 bridgehead atoms. The van der Waals surface area contributed by atoms with Gasteiger partial charge in [0, 0.05) is 43.4 Å². The van der Waals surface area contributed by atoms with Crippen LogP contribution >= 0.6 is 0 Å². The van der Waals surface area contributed by atoms with Gasteiger partial charge >= 0.3 is 0 Å². The molecule has 0 aliphatic carbocycles. The predicted molar refractivity (Wildman–Crippen MR) is 152 cm³/mol. The number of unbranched alkanes of at least 4 members (excludes halogenated alkanes) is 1. The summed E-state index contributed by atoms with van der Waals surface area (Å²) in [4.78, 5) is 28.3. The molecule has 2 amide bonds. The second-order valence-electron chi connectivity index (χ2n) is 9.93. The van der Waals surface area contributed by atoms with E-state index in [9.17, 15) is 23.5 Å². The van der Waals surface area contributed by atoms with Gasteiger partial charge < -0.3 is 20.6 Å². The number of carbonyl (C=O) groups is 2. The lowest BCUT2D eigenvalue weighted by Crippen LogP contribution is -2.48. The molecule has 2 atom stereocenters. The topological polar surface area (TPSA) is 81.7 Å². The minimum atomic E-state index is -1.03. The summed E-state index contributed by atoms with van der Waals surface area (Å²) >= 11 is 0. The van der Waals surface area contributed by atoms with Gasteiger partial charge in [0.15, 0.2) is 0 Å². The first-order chi connectivity index (χ1) is 18.7. The normalized spacial score (nSPS) is 12.9. The molecule has 2 aromatic rings. The van der Waals surface area contributed by atoms with Gasteiger partial charge in [-0.2, -0.15) is 0 Å². The summed E-state index contributed by atoms with van der Waals surface area (Å²) in [7, 11) is 0. The Morgan fingerprint density at radius 2 is 1.56 bits per heavy atom. The van der Waals surface area contributed by atoms with Crippen LogP contribution in [0.3, 0.4) is 0 Å². The summed E-state index contributed by atoms with van der Waals surface area (Å²) in [5.41, 5.74) is 1.77. The molecule has 0 heterocycles. The maximum Gasteiger partial charge on any atom is 0.253 e. The number of aliphatic hydroxyl groups is 1. The van der Waals surface area contributed by atoms with Crippen molar-refractivity contribution in [2.45, 2.75) is 71.9 Å². The Morgan fingerprint density at radius 3 is 2.18 bits per heavy atom. The van der Waals surface area contributed by atoms with Crippen molar-refractivity contribution in [3.05, 3.63) is 82.4 Å². The van der Waals surface area contributed by atoms with Crippen LogP contribution in [0.2, 0.25) is 0 Å². The molecule has 2 aromatic carbocycles. The maximum absolute atomic E-state index is 13.9. The Labute approximate surface area is 231 Å². The number of allylic oxidation sites excluding steroid dienone is 1. The largest absolute Gasteiger partial charge is 0.390 e. The van der Waals surface area contributed by atoms with Gasteiger partial charge in [0.25, 0.3) is 11.8 Å². The van der Waals surface area contributed by atoms with Crippen LogP contribution in [-0.2, 0) is 6.42 Å². The monoisotopic (exact) mass is 543 g/mol. The number of aryl methyl sites for hydroxylation is 1. The maximum atomic E-state index is 13.9. The summed E-state index contributed by atoms with van der Waals surface area (Å²) in [6.07, 6.45) is 6.66. The number of hydrogen-bond acceptors (Lipinski definition) is 4. The van der Waals surface area contributed by atoms with Crippen molar-refractivity contribution in [1.82, 2.24) is 15.5 Å². The first-order valence-corrected chi connectivity index (χ1v) is 13.9. The molecule has 0 radical (unpaired) electrons. The molecule has 0 spiro atoms. The predicted octanol–water partition coefficient (Wildman–Crippen LogP) is 5.18. The second kappa shape index (κ2) is 16.8. The minimum Gasteiger partial charge on any atom is -0.390 e. The number of halogens is 2. The fraction of sp³-hybridized carbons (Fsp3) is 0.484. The van der Waals surface area contributed by atoms with E-state index in [0.29, 0.717) is 30.8 Å². The zero-order valence-corrected chi connectivity index (χ0v) is 23.6. The van der Waals surface area contributed by atoms with Crippen molar-refractivity contribution in [1.29, 1.82) is 0 Å². The van der Waals surface area contributed by atoms with Gasteiger partial charge in [0.2, 0.25) is 0 Å². The van der Waals surface area contributed by atoms with Crippen LogP contribution in [0.15, 0.2) is 48.6 Å². The average Bonchev–Trinajstić information content (AvgIpc) is 2.88. The van der Waals surface area contributed by atoms with E-state index in [0.717, 1.165) is 37.3 Å². The van der Waals surface area contributed by atoms with Gasteiger partial charge in [-0.25, -0.2) is 8.78 Å². The van der Waals surface area contributed by atoms with Gasteiger partial charge in [-0.15, -0.1) is 0 Å². The molecular formula is C31H43F2N3O3. The van der Waals surface area contributed by atoms with E-state index < -0.39 is 29.7 Å². The van der Waals surface area contributed by atoms with Crippen LogP contribution in [0.25, 0.3) is 0 Å². The van der Waals surface area contributed by atoms with Gasteiger partial charge in [-0.1, -0.05) is 39.3 Å². The van der Waals surface area contributed by atoms with Crippen molar-refractivity contribution in [3.63, 3.8) is 0 Å². The van der Waals surface area contributed by atoms with Crippen LogP contribution in [0.4, 0.5) is 8.78 Å². The molecule has 39 heavy (non-hydrogen) atoms. The van der Waals surface area contributed by atoms with Crippen molar-refractivity contribution in [3.8, 4) is 0 Å². The Balaban J connectivity index is 2.25. The van der Waals surface area contributed by atoms with Crippen LogP contribution in [0.1, 0.15) is 78.3 Å². The zero-order valence-electron chi connectivity index (χ0n) is 23.6. The van der Waals surface area contributed by atoms with E-state index in [4.69, 9.17) is 0 Å². The number of benzene rings is 2. The van der Waals surface area contributed by atoms with Crippen LogP contribution in [-0.4, -0.2) is 60.1 Å². The third-order valence-corrected chi connectivity index (χ3v) is 6.26. The lowest BCUT2D eigenvalue weighted by molar-refractivity contribution is 0.0755. The molecule has 0 fully saturated rings. The Bertz CT molecular complexity index is 1080. The first-order valence-electron chi connectivity index (χ1n) is 13.9. The van der Waals surface area contributed by atoms with Gasteiger partial charge in [0.1, 0.15) is 11.6 Å². The van der Waals surface area contributed by atoms with Crippen LogP contribution < -0.4 is 10.6 Å². The minimum absolute atomic E-state index is 0.0212. The molecule has 0 saturated heterocycles. The third kappa shape index (κ3) is 10.9. The Kier molecular flexibility index (Phi) is 13.8. The number of amides is 2. The molecule has 8 heteroatoms. The fourth-order valence-corrected chi connectivity index (χ4v) is 4.42. The van der Waals surface area contributed by atoms with Gasteiger partial charge in [-0.3, -0.25) is 9.59 Å². The van der Waals surface area contributed by atoms with Gasteiger partial charge in [0.05, 0.1) is 12.1 Å². The van der Waals surface area contributed by atoms with E-state index in [-0.39, 0.29) is 24.4 Å². The zero-order chi connectivity index (χ0) is 28.8. The molecule has 0 aliphatic rings. The van der Waals surface area contributed by atoms with Crippen LogP contribution in [0.5, 0.6) is 0 Å². The molecule has 0 unspecified atom stereocenters. The smallest absolute Gasteiger partial charge is 0.253 e. The highest BCUT2D eigenvalue weighted by Crippen LogP contribution is 2.16. The number of rotatable bonds is 16. The Morgan fingerprint density at radius 1 is 0.923 bits per heavy atom. The molecule has 0 aliphatic heterocycles.